The second-order valence-electron chi connectivity index (χ2n) is 4.65. The molecule has 2 aromatic rings. The van der Waals surface area contributed by atoms with Crippen molar-refractivity contribution in [2.45, 2.75) is 5.25 Å². The maximum atomic E-state index is 12.5. The number of carboxylic acid groups (broad SMARTS) is 1. The molecule has 0 aliphatic rings. The van der Waals surface area contributed by atoms with Gasteiger partial charge in [-0.2, -0.15) is 5.26 Å². The van der Waals surface area contributed by atoms with Crippen LogP contribution in [0.2, 0.25) is 0 Å². The first kappa shape index (κ1) is 16.6. The van der Waals surface area contributed by atoms with Gasteiger partial charge in [0, 0.05) is 11.4 Å². The molecule has 0 spiro atoms. The highest BCUT2D eigenvalue weighted by Crippen LogP contribution is 2.30. The summed E-state index contributed by atoms with van der Waals surface area (Å²) in [7, 11) is 0. The molecule has 0 unspecified atom stereocenters. The van der Waals surface area contributed by atoms with E-state index in [4.69, 9.17) is 5.26 Å². The van der Waals surface area contributed by atoms with E-state index in [0.717, 1.165) is 11.8 Å². The van der Waals surface area contributed by atoms with Crippen molar-refractivity contribution in [1.82, 2.24) is 0 Å². The van der Waals surface area contributed by atoms with Crippen LogP contribution in [0.4, 0.5) is 5.69 Å². The van der Waals surface area contributed by atoms with Crippen LogP contribution < -0.4 is 10.4 Å². The third-order valence-electron chi connectivity index (χ3n) is 2.99. The predicted octanol–water partition coefficient (Wildman–Crippen LogP) is 1.72. The summed E-state index contributed by atoms with van der Waals surface area (Å²) in [6.07, 6.45) is 0. The Morgan fingerprint density at radius 2 is 1.78 bits per heavy atom. The van der Waals surface area contributed by atoms with E-state index in [1.54, 1.807) is 48.5 Å². The summed E-state index contributed by atoms with van der Waals surface area (Å²) in [6.45, 7) is 0. The molecule has 1 atom stereocenters. The van der Waals surface area contributed by atoms with E-state index >= 15 is 0 Å². The molecular formula is C17H13N2O3S-. The maximum absolute atomic E-state index is 12.5. The highest BCUT2D eigenvalue weighted by molar-refractivity contribution is 8.00. The largest absolute Gasteiger partial charge is 0.549 e. The Morgan fingerprint density at radius 1 is 1.13 bits per heavy atom. The van der Waals surface area contributed by atoms with Crippen molar-refractivity contribution in [2.75, 3.05) is 11.1 Å². The first-order valence-corrected chi connectivity index (χ1v) is 7.82. The monoisotopic (exact) mass is 325 g/mol. The number of carboxylic acids is 1. The molecule has 2 aromatic carbocycles. The number of carbonyl (C=O) groups excluding carboxylic acids is 2. The molecule has 0 aliphatic carbocycles. The van der Waals surface area contributed by atoms with Crippen molar-refractivity contribution in [1.29, 1.82) is 5.26 Å². The number of carbonyl (C=O) groups is 2. The lowest BCUT2D eigenvalue weighted by molar-refractivity contribution is -0.301. The lowest BCUT2D eigenvalue weighted by Gasteiger charge is -2.17. The van der Waals surface area contributed by atoms with E-state index in [2.05, 4.69) is 5.32 Å². The molecule has 0 heterocycles. The summed E-state index contributed by atoms with van der Waals surface area (Å²) in [5, 5.41) is 21.5. The molecule has 0 fully saturated rings. The van der Waals surface area contributed by atoms with E-state index in [9.17, 15) is 14.7 Å². The number of benzene rings is 2. The fourth-order valence-corrected chi connectivity index (χ4v) is 2.80. The summed E-state index contributed by atoms with van der Waals surface area (Å²) in [5.74, 6) is -1.82. The number of anilines is 1. The van der Waals surface area contributed by atoms with Gasteiger partial charge in [-0.05, 0) is 29.8 Å². The van der Waals surface area contributed by atoms with Gasteiger partial charge >= 0.3 is 0 Å². The smallest absolute Gasteiger partial charge is 0.242 e. The Morgan fingerprint density at radius 3 is 2.35 bits per heavy atom. The lowest BCUT2D eigenvalue weighted by Crippen LogP contribution is -2.27. The number of rotatable bonds is 6. The molecule has 5 nitrogen and oxygen atoms in total. The predicted molar refractivity (Wildman–Crippen MR) is 86.4 cm³/mol. The van der Waals surface area contributed by atoms with Crippen LogP contribution in [-0.2, 0) is 9.59 Å². The van der Waals surface area contributed by atoms with Crippen molar-refractivity contribution in [3.63, 3.8) is 0 Å². The first-order valence-electron chi connectivity index (χ1n) is 6.77. The number of aliphatic carboxylic acids is 1. The molecule has 2 rings (SSSR count). The van der Waals surface area contributed by atoms with Gasteiger partial charge < -0.3 is 15.2 Å². The highest BCUT2D eigenvalue weighted by atomic mass is 32.2. The molecule has 0 aliphatic heterocycles. The van der Waals surface area contributed by atoms with Crippen molar-refractivity contribution < 1.29 is 14.7 Å². The van der Waals surface area contributed by atoms with Gasteiger partial charge in [0.05, 0.1) is 17.6 Å². The molecule has 0 saturated carbocycles. The third-order valence-corrected chi connectivity index (χ3v) is 4.21. The number of thioether (sulfide) groups is 1. The van der Waals surface area contributed by atoms with Crippen LogP contribution in [-0.4, -0.2) is 17.6 Å². The zero-order valence-corrected chi connectivity index (χ0v) is 12.9. The van der Waals surface area contributed by atoms with Crippen molar-refractivity contribution >= 4 is 29.3 Å². The minimum Gasteiger partial charge on any atom is -0.549 e. The molecule has 116 valence electrons. The van der Waals surface area contributed by atoms with Gasteiger partial charge in [-0.1, -0.05) is 30.3 Å². The first-order chi connectivity index (χ1) is 11.1. The Bertz CT molecular complexity index is 724. The highest BCUT2D eigenvalue weighted by Gasteiger charge is 2.21. The van der Waals surface area contributed by atoms with Crippen LogP contribution in [0, 0.1) is 11.3 Å². The number of nitriles is 1. The fourth-order valence-electron chi connectivity index (χ4n) is 1.94. The van der Waals surface area contributed by atoms with E-state index < -0.39 is 11.2 Å². The zero-order chi connectivity index (χ0) is 16.7. The van der Waals surface area contributed by atoms with Gasteiger partial charge in [0.25, 0.3) is 0 Å². The molecule has 1 amide bonds. The van der Waals surface area contributed by atoms with Crippen LogP contribution in [0.1, 0.15) is 16.4 Å². The summed E-state index contributed by atoms with van der Waals surface area (Å²) >= 11 is 0.991. The van der Waals surface area contributed by atoms with Crippen molar-refractivity contribution in [3.8, 4) is 6.07 Å². The minimum absolute atomic E-state index is 0.277. The molecular weight excluding hydrogens is 312 g/mol. The normalized spacial score (nSPS) is 11.3. The topological polar surface area (TPSA) is 93.0 Å². The minimum atomic E-state index is -1.22. The average molecular weight is 325 g/mol. The number of hydrogen-bond donors (Lipinski definition) is 1. The zero-order valence-electron chi connectivity index (χ0n) is 12.1. The number of nitrogens with one attached hydrogen (secondary N) is 1. The Hall–Kier alpha value is -2.78. The molecule has 0 bridgehead atoms. The molecule has 23 heavy (non-hydrogen) atoms. The number of hydrogen-bond acceptors (Lipinski definition) is 5. The van der Waals surface area contributed by atoms with Gasteiger partial charge in [0.15, 0.2) is 0 Å². The number of amides is 1. The van der Waals surface area contributed by atoms with Gasteiger partial charge in [-0.3, -0.25) is 4.79 Å². The Labute approximate surface area is 137 Å². The lowest BCUT2D eigenvalue weighted by atomic mass is 10.1. The second-order valence-corrected chi connectivity index (χ2v) is 5.75. The maximum Gasteiger partial charge on any atom is 0.242 e. The molecule has 0 aromatic heterocycles. The molecule has 6 heteroatoms. The van der Waals surface area contributed by atoms with Gasteiger partial charge in [0.1, 0.15) is 5.25 Å². The number of nitrogens with zero attached hydrogens (tertiary/aromatic N) is 1. The van der Waals surface area contributed by atoms with Gasteiger partial charge in [-0.25, -0.2) is 0 Å². The third kappa shape index (κ3) is 4.87. The van der Waals surface area contributed by atoms with Crippen LogP contribution >= 0.6 is 11.8 Å². The Kier molecular flexibility index (Phi) is 5.78. The van der Waals surface area contributed by atoms with Gasteiger partial charge in [-0.15, -0.1) is 11.8 Å². The van der Waals surface area contributed by atoms with E-state index in [1.807, 2.05) is 12.1 Å². The van der Waals surface area contributed by atoms with Crippen LogP contribution in [0.15, 0.2) is 54.6 Å². The van der Waals surface area contributed by atoms with Crippen LogP contribution in [0.3, 0.4) is 0 Å². The van der Waals surface area contributed by atoms with Crippen molar-refractivity contribution in [2.24, 2.45) is 0 Å². The standard InChI is InChI=1S/C17H14N2O3S/c18-10-12-6-8-14(9-7-12)19-17(22)16(23-11-15(20)21)13-4-2-1-3-5-13/h1-9,16H,11H2,(H,19,22)(H,20,21)/p-1/t16-/m0/s1. The fraction of sp³-hybridized carbons (Fsp3) is 0.118. The summed E-state index contributed by atoms with van der Waals surface area (Å²) in [5.41, 5.74) is 1.75. The molecule has 0 saturated heterocycles. The van der Waals surface area contributed by atoms with E-state index in [-0.39, 0.29) is 11.7 Å². The second kappa shape index (κ2) is 8.01. The van der Waals surface area contributed by atoms with Gasteiger partial charge in [0.2, 0.25) is 5.91 Å². The van der Waals surface area contributed by atoms with Crippen LogP contribution in [0.25, 0.3) is 0 Å². The Balaban J connectivity index is 2.15. The van der Waals surface area contributed by atoms with Crippen LogP contribution in [0.5, 0.6) is 0 Å². The summed E-state index contributed by atoms with van der Waals surface area (Å²) < 4.78 is 0. The SMILES string of the molecule is N#Cc1ccc(NC(=O)[C@@H](SCC(=O)[O-])c2ccccc2)cc1. The van der Waals surface area contributed by atoms with E-state index in [1.165, 1.54) is 0 Å². The summed E-state index contributed by atoms with van der Waals surface area (Å²) in [6, 6.07) is 17.4. The molecule has 0 radical (unpaired) electrons. The summed E-state index contributed by atoms with van der Waals surface area (Å²) in [4.78, 5) is 23.2. The van der Waals surface area contributed by atoms with Crippen molar-refractivity contribution in [3.05, 3.63) is 65.7 Å². The average Bonchev–Trinajstić information content (AvgIpc) is 2.56. The van der Waals surface area contributed by atoms with E-state index in [0.29, 0.717) is 16.8 Å². The quantitative estimate of drug-likeness (QED) is 0.873. The molecule has 1 N–H and O–H groups in total.